The first kappa shape index (κ1) is 10.2. The lowest BCUT2D eigenvalue weighted by Crippen LogP contribution is -2.44. The van der Waals surface area contributed by atoms with Gasteiger partial charge in [-0.2, -0.15) is 0 Å². The van der Waals surface area contributed by atoms with Crippen molar-refractivity contribution in [2.75, 3.05) is 5.06 Å². The topological polar surface area (TPSA) is 57.6 Å². The molecular weight excluding hydrogens is 218 g/mol. The van der Waals surface area contributed by atoms with Crippen molar-refractivity contribution in [3.63, 3.8) is 0 Å². The van der Waals surface area contributed by atoms with Gasteiger partial charge < -0.3 is 0 Å². The summed E-state index contributed by atoms with van der Waals surface area (Å²) < 4.78 is 0. The number of carbonyl (C=O) groups excluding carboxylic acids is 2. The van der Waals surface area contributed by atoms with Crippen LogP contribution < -0.4 is 5.06 Å². The molecule has 1 aliphatic heterocycles. The van der Waals surface area contributed by atoms with E-state index in [4.69, 9.17) is 0 Å². The fourth-order valence-electron chi connectivity index (χ4n) is 2.42. The number of hydroxylamine groups is 1. The van der Waals surface area contributed by atoms with E-state index in [9.17, 15) is 14.8 Å². The van der Waals surface area contributed by atoms with Crippen LogP contribution in [0.15, 0.2) is 29.8 Å². The third-order valence-corrected chi connectivity index (χ3v) is 3.31. The van der Waals surface area contributed by atoms with Gasteiger partial charge in [-0.05, 0) is 18.6 Å². The van der Waals surface area contributed by atoms with Crippen LogP contribution in [0.2, 0.25) is 0 Å². The molecule has 3 rings (SSSR count). The summed E-state index contributed by atoms with van der Waals surface area (Å²) >= 11 is 0. The lowest BCUT2D eigenvalue weighted by Gasteiger charge is -2.35. The van der Waals surface area contributed by atoms with E-state index >= 15 is 0 Å². The Kier molecular flexibility index (Phi) is 2.12. The molecule has 4 heteroatoms. The summed E-state index contributed by atoms with van der Waals surface area (Å²) in [6.07, 6.45) is 2.41. The largest absolute Gasteiger partial charge is 0.290 e. The smallest absolute Gasteiger partial charge is 0.226 e. The molecule has 0 aromatic heterocycles. The maximum absolute atomic E-state index is 11.8. The Hall–Kier alpha value is -1.94. The van der Waals surface area contributed by atoms with Crippen molar-refractivity contribution >= 4 is 23.3 Å². The normalized spacial score (nSPS) is 23.0. The molecule has 1 unspecified atom stereocenters. The van der Waals surface area contributed by atoms with Gasteiger partial charge in [-0.1, -0.05) is 18.2 Å². The molecule has 0 amide bonds. The van der Waals surface area contributed by atoms with Gasteiger partial charge in [0.25, 0.3) is 0 Å². The van der Waals surface area contributed by atoms with Crippen LogP contribution in [0.3, 0.4) is 0 Å². The van der Waals surface area contributed by atoms with Gasteiger partial charge in [0, 0.05) is 17.6 Å². The third kappa shape index (κ3) is 1.41. The SMILES string of the molecule is O=C1CCC2C(=Cc3ccccc3N2O)C1=O. The number of para-hydroxylation sites is 1. The monoisotopic (exact) mass is 229 g/mol. The van der Waals surface area contributed by atoms with Crippen molar-refractivity contribution in [2.24, 2.45) is 0 Å². The maximum Gasteiger partial charge on any atom is 0.226 e. The van der Waals surface area contributed by atoms with Gasteiger partial charge in [-0.25, -0.2) is 5.06 Å². The Balaban J connectivity index is 2.15. The average Bonchev–Trinajstić information content (AvgIpc) is 2.35. The first-order chi connectivity index (χ1) is 8.18. The molecule has 1 aromatic rings. The molecule has 0 radical (unpaired) electrons. The number of ketones is 2. The number of rotatable bonds is 0. The Bertz CT molecular complexity index is 547. The second-order valence-corrected chi connectivity index (χ2v) is 4.31. The second kappa shape index (κ2) is 3.53. The van der Waals surface area contributed by atoms with Crippen LogP contribution in [0.5, 0.6) is 0 Å². The lowest BCUT2D eigenvalue weighted by atomic mass is 9.84. The number of nitrogens with zero attached hydrogens (tertiary/aromatic N) is 1. The number of hydrogen-bond donors (Lipinski definition) is 1. The van der Waals surface area contributed by atoms with Crippen LogP contribution in [0.1, 0.15) is 18.4 Å². The summed E-state index contributed by atoms with van der Waals surface area (Å²) in [5.41, 5.74) is 1.86. The fourth-order valence-corrected chi connectivity index (χ4v) is 2.42. The van der Waals surface area contributed by atoms with Gasteiger partial charge in [0.1, 0.15) is 0 Å². The number of Topliss-reactive ketones (excluding diaryl/α,β-unsaturated/α-hetero) is 2. The molecule has 1 heterocycles. The Morgan fingerprint density at radius 3 is 2.82 bits per heavy atom. The molecule has 2 aliphatic rings. The molecule has 1 N–H and O–H groups in total. The quantitative estimate of drug-likeness (QED) is 0.686. The van der Waals surface area contributed by atoms with Gasteiger partial charge in [0.15, 0.2) is 0 Å². The molecule has 1 fully saturated rings. The highest BCUT2D eigenvalue weighted by atomic mass is 16.5. The van der Waals surface area contributed by atoms with Crippen LogP contribution in [-0.2, 0) is 9.59 Å². The molecule has 0 bridgehead atoms. The zero-order chi connectivity index (χ0) is 12.0. The van der Waals surface area contributed by atoms with E-state index in [-0.39, 0.29) is 18.2 Å². The molecule has 0 spiro atoms. The molecule has 1 aromatic carbocycles. The van der Waals surface area contributed by atoms with E-state index in [2.05, 4.69) is 0 Å². The number of fused-ring (bicyclic) bond motifs is 2. The van der Waals surface area contributed by atoms with Crippen LogP contribution >= 0.6 is 0 Å². The van der Waals surface area contributed by atoms with Gasteiger partial charge in [-0.3, -0.25) is 14.8 Å². The number of benzene rings is 1. The van der Waals surface area contributed by atoms with Gasteiger partial charge in [0.2, 0.25) is 11.6 Å². The molecular formula is C13H11NO3. The van der Waals surface area contributed by atoms with Crippen LogP contribution in [0.25, 0.3) is 6.08 Å². The van der Waals surface area contributed by atoms with E-state index in [0.717, 1.165) is 10.6 Å². The fraction of sp³-hybridized carbons (Fsp3) is 0.231. The summed E-state index contributed by atoms with van der Waals surface area (Å²) in [4.78, 5) is 23.1. The summed E-state index contributed by atoms with van der Waals surface area (Å²) in [7, 11) is 0. The van der Waals surface area contributed by atoms with Crippen LogP contribution in [0, 0.1) is 0 Å². The molecule has 1 aliphatic carbocycles. The predicted molar refractivity (Wildman–Crippen MR) is 61.7 cm³/mol. The highest BCUT2D eigenvalue weighted by Crippen LogP contribution is 2.35. The van der Waals surface area contributed by atoms with Crippen molar-refractivity contribution in [3.8, 4) is 0 Å². The zero-order valence-corrected chi connectivity index (χ0v) is 9.09. The number of carbonyl (C=O) groups is 2. The number of hydrogen-bond acceptors (Lipinski definition) is 4. The highest BCUT2D eigenvalue weighted by Gasteiger charge is 2.38. The van der Waals surface area contributed by atoms with Crippen LogP contribution in [-0.4, -0.2) is 22.8 Å². The summed E-state index contributed by atoms with van der Waals surface area (Å²) in [6.45, 7) is 0. The van der Waals surface area contributed by atoms with E-state index in [0.29, 0.717) is 17.7 Å². The number of anilines is 1. The standard InChI is InChI=1S/C13H11NO3/c15-12-6-5-11-9(13(12)16)7-8-3-1-2-4-10(8)14(11)17/h1-4,7,11,17H,5-6H2. The second-order valence-electron chi connectivity index (χ2n) is 4.31. The summed E-state index contributed by atoms with van der Waals surface area (Å²) in [5.74, 6) is -0.824. The molecule has 1 atom stereocenters. The molecule has 86 valence electrons. The first-order valence-electron chi connectivity index (χ1n) is 5.55. The summed E-state index contributed by atoms with van der Waals surface area (Å²) in [6, 6.07) is 6.89. The molecule has 1 saturated carbocycles. The van der Waals surface area contributed by atoms with E-state index in [1.807, 2.05) is 18.2 Å². The first-order valence-corrected chi connectivity index (χ1v) is 5.55. The van der Waals surface area contributed by atoms with E-state index in [1.165, 1.54) is 0 Å². The third-order valence-electron chi connectivity index (χ3n) is 3.31. The minimum Gasteiger partial charge on any atom is -0.290 e. The Labute approximate surface area is 98.1 Å². The summed E-state index contributed by atoms with van der Waals surface area (Å²) in [5, 5.41) is 11.2. The minimum atomic E-state index is -0.463. The molecule has 4 nitrogen and oxygen atoms in total. The van der Waals surface area contributed by atoms with Gasteiger partial charge in [0.05, 0.1) is 11.7 Å². The van der Waals surface area contributed by atoms with E-state index < -0.39 is 5.78 Å². The Morgan fingerprint density at radius 1 is 1.24 bits per heavy atom. The predicted octanol–water partition coefficient (Wildman–Crippen LogP) is 1.58. The van der Waals surface area contributed by atoms with Crippen LogP contribution in [0.4, 0.5) is 5.69 Å². The highest BCUT2D eigenvalue weighted by molar-refractivity contribution is 6.45. The lowest BCUT2D eigenvalue weighted by molar-refractivity contribution is -0.135. The van der Waals surface area contributed by atoms with Gasteiger partial charge >= 0.3 is 0 Å². The zero-order valence-electron chi connectivity index (χ0n) is 9.09. The van der Waals surface area contributed by atoms with Crippen molar-refractivity contribution in [2.45, 2.75) is 18.9 Å². The molecule has 0 saturated heterocycles. The van der Waals surface area contributed by atoms with Crippen molar-refractivity contribution in [3.05, 3.63) is 35.4 Å². The molecule has 17 heavy (non-hydrogen) atoms. The van der Waals surface area contributed by atoms with E-state index in [1.54, 1.807) is 12.1 Å². The van der Waals surface area contributed by atoms with Crippen molar-refractivity contribution in [1.29, 1.82) is 0 Å². The van der Waals surface area contributed by atoms with Gasteiger partial charge in [-0.15, -0.1) is 0 Å². The average molecular weight is 229 g/mol. The maximum atomic E-state index is 11.8. The van der Waals surface area contributed by atoms with Crippen molar-refractivity contribution in [1.82, 2.24) is 0 Å². The van der Waals surface area contributed by atoms with Crippen molar-refractivity contribution < 1.29 is 14.8 Å². The minimum absolute atomic E-state index is 0.208. The Morgan fingerprint density at radius 2 is 2.00 bits per heavy atom.